The summed E-state index contributed by atoms with van der Waals surface area (Å²) in [5.41, 5.74) is 0.297. The van der Waals surface area contributed by atoms with Crippen molar-refractivity contribution in [2.24, 2.45) is 0 Å². The maximum absolute atomic E-state index is 11.4. The normalized spacial score (nSPS) is 9.96. The predicted octanol–water partition coefficient (Wildman–Crippen LogP) is 2.61. The van der Waals surface area contributed by atoms with Crippen molar-refractivity contribution in [2.45, 2.75) is 0 Å². The number of non-ortho nitro benzene ring substituents is 1. The molecule has 0 heterocycles. The summed E-state index contributed by atoms with van der Waals surface area (Å²) in [5, 5.41) is 27.0. The molecule has 2 aromatic rings. The van der Waals surface area contributed by atoms with E-state index in [1.54, 1.807) is 24.3 Å². The second-order valence-corrected chi connectivity index (χ2v) is 4.50. The van der Waals surface area contributed by atoms with Gasteiger partial charge in [0.25, 0.3) is 17.3 Å². The Kier molecular flexibility index (Phi) is 4.50. The molecule has 0 saturated carbocycles. The molecule has 2 rings (SSSR count). The van der Waals surface area contributed by atoms with Gasteiger partial charge in [-0.1, -0.05) is 0 Å². The van der Waals surface area contributed by atoms with Crippen molar-refractivity contribution < 1.29 is 14.6 Å². The summed E-state index contributed by atoms with van der Waals surface area (Å²) in [7, 11) is 1.51. The summed E-state index contributed by atoms with van der Waals surface area (Å²) in [4.78, 5) is 31.8. The van der Waals surface area contributed by atoms with E-state index in [1.165, 1.54) is 19.2 Å². The lowest BCUT2D eigenvalue weighted by Crippen LogP contribution is -2.17. The number of nitrogens with zero attached hydrogens (tertiary/aromatic N) is 2. The molecule has 0 aliphatic rings. The molecule has 0 fully saturated rings. The zero-order chi connectivity index (χ0) is 17.0. The van der Waals surface area contributed by atoms with Crippen LogP contribution in [0.25, 0.3) is 0 Å². The third-order valence-corrected chi connectivity index (χ3v) is 3.04. The molecular formula is C14H12N4O5. The molecule has 9 nitrogen and oxygen atoms in total. The van der Waals surface area contributed by atoms with Gasteiger partial charge in [-0.15, -0.1) is 0 Å². The monoisotopic (exact) mass is 316 g/mol. The summed E-state index contributed by atoms with van der Waals surface area (Å²) < 4.78 is 0. The van der Waals surface area contributed by atoms with Gasteiger partial charge in [0.15, 0.2) is 0 Å². The van der Waals surface area contributed by atoms with Gasteiger partial charge in [-0.2, -0.15) is 0 Å². The Morgan fingerprint density at radius 2 is 1.65 bits per heavy atom. The molecule has 0 atom stereocenters. The average Bonchev–Trinajstić information content (AvgIpc) is 2.54. The molecule has 0 spiro atoms. The first-order valence-corrected chi connectivity index (χ1v) is 6.44. The first kappa shape index (κ1) is 15.9. The Morgan fingerprint density at radius 1 is 1.00 bits per heavy atom. The van der Waals surface area contributed by atoms with Crippen LogP contribution in [-0.2, 0) is 0 Å². The van der Waals surface area contributed by atoms with Crippen molar-refractivity contribution >= 4 is 28.7 Å². The first-order chi connectivity index (χ1) is 10.9. The van der Waals surface area contributed by atoms with E-state index in [9.17, 15) is 25.0 Å². The van der Waals surface area contributed by atoms with E-state index >= 15 is 0 Å². The molecule has 1 amide bonds. The van der Waals surface area contributed by atoms with Gasteiger partial charge >= 0.3 is 0 Å². The summed E-state index contributed by atoms with van der Waals surface area (Å²) in [6.07, 6.45) is 0. The molecule has 0 aliphatic carbocycles. The number of nitro benzene ring substituents is 2. The van der Waals surface area contributed by atoms with Crippen molar-refractivity contribution in [3.05, 3.63) is 68.3 Å². The molecule has 9 heteroatoms. The molecule has 0 aromatic heterocycles. The minimum absolute atomic E-state index is 0.119. The highest BCUT2D eigenvalue weighted by atomic mass is 16.6. The molecule has 0 aliphatic heterocycles. The van der Waals surface area contributed by atoms with Crippen molar-refractivity contribution in [1.29, 1.82) is 0 Å². The molecule has 0 radical (unpaired) electrons. The maximum atomic E-state index is 11.4. The molecule has 2 N–H and O–H groups in total. The maximum Gasteiger partial charge on any atom is 0.299 e. The number of benzene rings is 2. The van der Waals surface area contributed by atoms with Crippen molar-refractivity contribution in [3.8, 4) is 0 Å². The van der Waals surface area contributed by atoms with Gasteiger partial charge in [-0.25, -0.2) is 0 Å². The van der Waals surface area contributed by atoms with Crippen LogP contribution >= 0.6 is 0 Å². The number of anilines is 2. The minimum Gasteiger partial charge on any atom is -0.355 e. The Balaban J connectivity index is 2.30. The highest BCUT2D eigenvalue weighted by Gasteiger charge is 2.19. The van der Waals surface area contributed by atoms with Gasteiger partial charge in [0, 0.05) is 24.4 Å². The number of carbonyl (C=O) groups is 1. The average molecular weight is 316 g/mol. The van der Waals surface area contributed by atoms with Crippen LogP contribution in [0.15, 0.2) is 42.5 Å². The molecule has 23 heavy (non-hydrogen) atoms. The predicted molar refractivity (Wildman–Crippen MR) is 82.9 cm³/mol. The SMILES string of the molecule is CNC(=O)c1ccc(Nc2ccc([N+](=O)[O-])cc2[N+](=O)[O-])cc1. The molecule has 0 bridgehead atoms. The van der Waals surface area contributed by atoms with E-state index in [0.29, 0.717) is 11.3 Å². The number of carbonyl (C=O) groups excluding carboxylic acids is 1. The van der Waals surface area contributed by atoms with Crippen LogP contribution in [0.2, 0.25) is 0 Å². The molecule has 118 valence electrons. The lowest BCUT2D eigenvalue weighted by molar-refractivity contribution is -0.393. The lowest BCUT2D eigenvalue weighted by atomic mass is 10.2. The van der Waals surface area contributed by atoms with Gasteiger partial charge in [0.05, 0.1) is 15.9 Å². The standard InChI is InChI=1S/C14H12N4O5/c1-15-14(19)9-2-4-10(5-3-9)16-12-7-6-11(17(20)21)8-13(12)18(22)23/h2-8,16H,1H3,(H,15,19). The fourth-order valence-electron chi connectivity index (χ4n) is 1.90. The summed E-state index contributed by atoms with van der Waals surface area (Å²) >= 11 is 0. The van der Waals surface area contributed by atoms with Crippen LogP contribution < -0.4 is 10.6 Å². The van der Waals surface area contributed by atoms with E-state index < -0.39 is 15.5 Å². The number of hydrogen-bond donors (Lipinski definition) is 2. The van der Waals surface area contributed by atoms with Gasteiger partial charge < -0.3 is 10.6 Å². The first-order valence-electron chi connectivity index (χ1n) is 6.44. The molecule has 0 saturated heterocycles. The van der Waals surface area contributed by atoms with Crippen LogP contribution in [0.5, 0.6) is 0 Å². The quantitative estimate of drug-likeness (QED) is 0.644. The molecule has 0 unspecified atom stereocenters. The Labute approximate surface area is 130 Å². The van der Waals surface area contributed by atoms with E-state index in [0.717, 1.165) is 6.07 Å². The highest BCUT2D eigenvalue weighted by Crippen LogP contribution is 2.31. The van der Waals surface area contributed by atoms with E-state index in [1.807, 2.05) is 0 Å². The van der Waals surface area contributed by atoms with E-state index in [4.69, 9.17) is 0 Å². The Bertz CT molecular complexity index is 773. The topological polar surface area (TPSA) is 127 Å². The summed E-state index contributed by atoms with van der Waals surface area (Å²) in [6.45, 7) is 0. The Morgan fingerprint density at radius 3 is 2.17 bits per heavy atom. The second kappa shape index (κ2) is 6.52. The zero-order valence-electron chi connectivity index (χ0n) is 12.0. The number of hydrogen-bond acceptors (Lipinski definition) is 6. The van der Waals surface area contributed by atoms with E-state index in [-0.39, 0.29) is 17.3 Å². The van der Waals surface area contributed by atoms with Gasteiger partial charge in [0.2, 0.25) is 0 Å². The smallest absolute Gasteiger partial charge is 0.299 e. The third kappa shape index (κ3) is 3.59. The highest BCUT2D eigenvalue weighted by molar-refractivity contribution is 5.94. The fraction of sp³-hybridized carbons (Fsp3) is 0.0714. The third-order valence-electron chi connectivity index (χ3n) is 3.04. The number of rotatable bonds is 5. The van der Waals surface area contributed by atoms with Crippen molar-refractivity contribution in [3.63, 3.8) is 0 Å². The number of nitrogens with one attached hydrogen (secondary N) is 2. The van der Waals surface area contributed by atoms with Crippen molar-refractivity contribution in [2.75, 3.05) is 12.4 Å². The fourth-order valence-corrected chi connectivity index (χ4v) is 1.90. The number of nitro groups is 2. The zero-order valence-corrected chi connectivity index (χ0v) is 12.0. The van der Waals surface area contributed by atoms with Crippen LogP contribution in [0, 0.1) is 20.2 Å². The van der Waals surface area contributed by atoms with Crippen LogP contribution in [0.3, 0.4) is 0 Å². The van der Waals surface area contributed by atoms with Crippen molar-refractivity contribution in [1.82, 2.24) is 5.32 Å². The molecule has 2 aromatic carbocycles. The minimum atomic E-state index is -0.700. The lowest BCUT2D eigenvalue weighted by Gasteiger charge is -2.08. The van der Waals surface area contributed by atoms with Gasteiger partial charge in [-0.05, 0) is 30.3 Å². The van der Waals surface area contributed by atoms with Gasteiger partial charge in [-0.3, -0.25) is 25.0 Å². The van der Waals surface area contributed by atoms with Crippen LogP contribution in [-0.4, -0.2) is 22.8 Å². The van der Waals surface area contributed by atoms with Gasteiger partial charge in [0.1, 0.15) is 5.69 Å². The van der Waals surface area contributed by atoms with Crippen LogP contribution in [0.1, 0.15) is 10.4 Å². The number of amides is 1. The van der Waals surface area contributed by atoms with E-state index in [2.05, 4.69) is 10.6 Å². The van der Waals surface area contributed by atoms with Crippen LogP contribution in [0.4, 0.5) is 22.7 Å². The Hall–Kier alpha value is -3.49. The second-order valence-electron chi connectivity index (χ2n) is 4.50. The largest absolute Gasteiger partial charge is 0.355 e. The summed E-state index contributed by atoms with van der Waals surface area (Å²) in [6, 6.07) is 9.60. The summed E-state index contributed by atoms with van der Waals surface area (Å²) in [5.74, 6) is -0.252. The molecular weight excluding hydrogens is 304 g/mol.